The van der Waals surface area contributed by atoms with Crippen LogP contribution in [0.1, 0.15) is 43.6 Å². The fourth-order valence-electron chi connectivity index (χ4n) is 1.76. The molecule has 0 fully saturated rings. The van der Waals surface area contributed by atoms with E-state index >= 15 is 0 Å². The summed E-state index contributed by atoms with van der Waals surface area (Å²) in [5.41, 5.74) is 0.778. The Kier molecular flexibility index (Phi) is 4.93. The number of hydrogen-bond acceptors (Lipinski definition) is 4. The summed E-state index contributed by atoms with van der Waals surface area (Å²) >= 11 is 0. The number of nitrogens with one attached hydrogen (secondary N) is 1. The zero-order valence-corrected chi connectivity index (χ0v) is 13.1. The number of anilines is 1. The van der Waals surface area contributed by atoms with Gasteiger partial charge in [-0.1, -0.05) is 27.7 Å². The van der Waals surface area contributed by atoms with Gasteiger partial charge in [-0.15, -0.1) is 0 Å². The Morgan fingerprint density at radius 2 is 2.00 bits per heavy atom. The molecule has 6 heteroatoms. The molecule has 0 saturated carbocycles. The van der Waals surface area contributed by atoms with Crippen molar-refractivity contribution in [2.45, 2.75) is 34.6 Å². The van der Waals surface area contributed by atoms with Gasteiger partial charge in [0.25, 0.3) is 5.69 Å². The Bertz CT molecular complexity index is 562. The minimum absolute atomic E-state index is 0.0850. The normalized spacial score (nSPS) is 12.8. The van der Waals surface area contributed by atoms with Crippen molar-refractivity contribution in [2.24, 2.45) is 11.3 Å². The lowest BCUT2D eigenvalue weighted by Crippen LogP contribution is -2.25. The third kappa shape index (κ3) is 4.18. The van der Waals surface area contributed by atoms with Crippen molar-refractivity contribution < 1.29 is 14.8 Å². The fourth-order valence-corrected chi connectivity index (χ4v) is 1.76. The summed E-state index contributed by atoms with van der Waals surface area (Å²) in [6.45, 7) is 10.7. The first-order chi connectivity index (χ1) is 9.54. The van der Waals surface area contributed by atoms with Gasteiger partial charge in [0, 0.05) is 23.9 Å². The van der Waals surface area contributed by atoms with Gasteiger partial charge in [0.2, 0.25) is 0 Å². The molecule has 0 aliphatic heterocycles. The smallest absolute Gasteiger partial charge is 0.336 e. The highest BCUT2D eigenvalue weighted by atomic mass is 16.6. The summed E-state index contributed by atoms with van der Waals surface area (Å²) in [4.78, 5) is 21.6. The second kappa shape index (κ2) is 6.11. The minimum Gasteiger partial charge on any atom is -0.478 e. The monoisotopic (exact) mass is 294 g/mol. The van der Waals surface area contributed by atoms with Crippen LogP contribution in [0, 0.1) is 28.4 Å². The number of carbonyl (C=O) groups is 1. The van der Waals surface area contributed by atoms with E-state index < -0.39 is 10.9 Å². The van der Waals surface area contributed by atoms with Crippen LogP contribution in [0.25, 0.3) is 0 Å². The molecule has 0 heterocycles. The van der Waals surface area contributed by atoms with Gasteiger partial charge in [0.1, 0.15) is 0 Å². The van der Waals surface area contributed by atoms with Gasteiger partial charge in [-0.3, -0.25) is 10.1 Å². The van der Waals surface area contributed by atoms with Crippen molar-refractivity contribution in [2.75, 3.05) is 11.9 Å². The number of benzene rings is 1. The molecule has 0 aliphatic carbocycles. The van der Waals surface area contributed by atoms with E-state index in [4.69, 9.17) is 5.11 Å². The molecular weight excluding hydrogens is 272 g/mol. The second-order valence-electron chi connectivity index (χ2n) is 6.38. The molecule has 2 N–H and O–H groups in total. The zero-order valence-electron chi connectivity index (χ0n) is 13.1. The number of rotatable bonds is 5. The first kappa shape index (κ1) is 16.9. The van der Waals surface area contributed by atoms with Crippen LogP contribution in [0.3, 0.4) is 0 Å². The van der Waals surface area contributed by atoms with Crippen LogP contribution >= 0.6 is 0 Å². The summed E-state index contributed by atoms with van der Waals surface area (Å²) in [7, 11) is 0. The van der Waals surface area contributed by atoms with Gasteiger partial charge in [0.05, 0.1) is 10.5 Å². The Balaban J connectivity index is 3.11. The summed E-state index contributed by atoms with van der Waals surface area (Å²) in [5, 5.41) is 23.2. The largest absolute Gasteiger partial charge is 0.478 e. The molecule has 0 spiro atoms. The van der Waals surface area contributed by atoms with Gasteiger partial charge < -0.3 is 10.4 Å². The average molecular weight is 294 g/mol. The quantitative estimate of drug-likeness (QED) is 0.638. The number of carboxylic acids is 1. The molecular formula is C15H22N2O4. The molecule has 0 radical (unpaired) electrons. The van der Waals surface area contributed by atoms with Crippen molar-refractivity contribution in [1.82, 2.24) is 0 Å². The summed E-state index contributed by atoms with van der Waals surface area (Å²) in [6.07, 6.45) is 0. The van der Waals surface area contributed by atoms with E-state index in [1.54, 1.807) is 6.92 Å². The lowest BCUT2D eigenvalue weighted by molar-refractivity contribution is -0.385. The first-order valence-electron chi connectivity index (χ1n) is 6.80. The van der Waals surface area contributed by atoms with E-state index in [0.717, 1.165) is 6.07 Å². The number of hydrogen-bond donors (Lipinski definition) is 2. The molecule has 1 atom stereocenters. The number of carboxylic acid groups (broad SMARTS) is 1. The standard InChI is InChI=1S/C15H22N2O4/c1-9(15(3,4)5)8-16-12-6-11(14(18)19)7-13(10(12)2)17(20)21/h6-7,9,16H,8H2,1-5H3,(H,18,19). The van der Waals surface area contributed by atoms with Crippen molar-refractivity contribution in [3.05, 3.63) is 33.4 Å². The van der Waals surface area contributed by atoms with E-state index in [0.29, 0.717) is 23.7 Å². The van der Waals surface area contributed by atoms with Crippen LogP contribution < -0.4 is 5.32 Å². The molecule has 0 amide bonds. The predicted molar refractivity (Wildman–Crippen MR) is 81.9 cm³/mol. The SMILES string of the molecule is Cc1c(NCC(C)C(C)(C)C)cc(C(=O)O)cc1[N+](=O)[O-]. The van der Waals surface area contributed by atoms with Gasteiger partial charge in [0.15, 0.2) is 0 Å². The number of nitro groups is 1. The molecule has 1 aromatic rings. The van der Waals surface area contributed by atoms with Crippen molar-refractivity contribution in [1.29, 1.82) is 0 Å². The minimum atomic E-state index is -1.18. The highest BCUT2D eigenvalue weighted by molar-refractivity contribution is 5.90. The molecule has 0 saturated heterocycles. The predicted octanol–water partition coefficient (Wildman–Crippen LogP) is 3.70. The van der Waals surface area contributed by atoms with Crippen LogP contribution in [0.2, 0.25) is 0 Å². The van der Waals surface area contributed by atoms with E-state index in [-0.39, 0.29) is 16.7 Å². The highest BCUT2D eigenvalue weighted by Gasteiger charge is 2.22. The van der Waals surface area contributed by atoms with Crippen molar-refractivity contribution in [3.63, 3.8) is 0 Å². The Morgan fingerprint density at radius 3 is 2.43 bits per heavy atom. The maximum atomic E-state index is 11.1. The average Bonchev–Trinajstić information content (AvgIpc) is 2.35. The third-order valence-corrected chi connectivity index (χ3v) is 3.90. The molecule has 0 aromatic heterocycles. The first-order valence-corrected chi connectivity index (χ1v) is 6.80. The van der Waals surface area contributed by atoms with E-state index in [9.17, 15) is 14.9 Å². The molecule has 21 heavy (non-hydrogen) atoms. The van der Waals surface area contributed by atoms with Gasteiger partial charge in [-0.25, -0.2) is 4.79 Å². The Labute approximate surface area is 124 Å². The number of nitrogens with zero attached hydrogens (tertiary/aromatic N) is 1. The maximum Gasteiger partial charge on any atom is 0.336 e. The fraction of sp³-hybridized carbons (Fsp3) is 0.533. The molecule has 1 unspecified atom stereocenters. The molecule has 0 bridgehead atoms. The van der Waals surface area contributed by atoms with Gasteiger partial charge in [-0.2, -0.15) is 0 Å². The Hall–Kier alpha value is -2.11. The van der Waals surface area contributed by atoms with Crippen LogP contribution in [0.5, 0.6) is 0 Å². The molecule has 116 valence electrons. The van der Waals surface area contributed by atoms with E-state index in [2.05, 4.69) is 33.0 Å². The molecule has 1 rings (SSSR count). The maximum absolute atomic E-state index is 11.1. The topological polar surface area (TPSA) is 92.5 Å². The van der Waals surface area contributed by atoms with Gasteiger partial charge in [-0.05, 0) is 24.3 Å². The van der Waals surface area contributed by atoms with Crippen LogP contribution in [0.4, 0.5) is 11.4 Å². The molecule has 6 nitrogen and oxygen atoms in total. The lowest BCUT2D eigenvalue weighted by Gasteiger charge is -2.28. The van der Waals surface area contributed by atoms with E-state index in [1.807, 2.05) is 0 Å². The second-order valence-corrected chi connectivity index (χ2v) is 6.38. The summed E-state index contributed by atoms with van der Waals surface area (Å²) < 4.78 is 0. The molecule has 0 aliphatic rings. The van der Waals surface area contributed by atoms with Gasteiger partial charge >= 0.3 is 5.97 Å². The number of aromatic carboxylic acids is 1. The van der Waals surface area contributed by atoms with Crippen LogP contribution in [-0.2, 0) is 0 Å². The van der Waals surface area contributed by atoms with E-state index in [1.165, 1.54) is 6.07 Å². The Morgan fingerprint density at radius 1 is 1.43 bits per heavy atom. The van der Waals surface area contributed by atoms with Crippen LogP contribution in [-0.4, -0.2) is 22.5 Å². The lowest BCUT2D eigenvalue weighted by atomic mass is 9.82. The zero-order chi connectivity index (χ0) is 16.4. The van der Waals surface area contributed by atoms with Crippen molar-refractivity contribution >= 4 is 17.3 Å². The number of nitro benzene ring substituents is 1. The van der Waals surface area contributed by atoms with Crippen molar-refractivity contribution in [3.8, 4) is 0 Å². The molecule has 1 aromatic carbocycles. The summed E-state index contributed by atoms with van der Waals surface area (Å²) in [6, 6.07) is 2.54. The van der Waals surface area contributed by atoms with Crippen LogP contribution in [0.15, 0.2) is 12.1 Å². The summed E-state index contributed by atoms with van der Waals surface area (Å²) in [5.74, 6) is -0.852. The highest BCUT2D eigenvalue weighted by Crippen LogP contribution is 2.30. The third-order valence-electron chi connectivity index (χ3n) is 3.90.